The lowest BCUT2D eigenvalue weighted by atomic mass is 10.0. The molecule has 0 fully saturated rings. The van der Waals surface area contributed by atoms with Gasteiger partial charge in [0.2, 0.25) is 0 Å². The topological polar surface area (TPSA) is 55.2 Å². The van der Waals surface area contributed by atoms with Gasteiger partial charge in [0.25, 0.3) is 11.5 Å². The second-order valence-electron chi connectivity index (χ2n) is 8.93. The van der Waals surface area contributed by atoms with E-state index in [0.29, 0.717) is 23.0 Å². The smallest absolute Gasteiger partial charge is 0.329 e. The fraction of sp³-hybridized carbons (Fsp3) is 0.250. The quantitative estimate of drug-likeness (QED) is 0.252. The maximum Gasteiger partial charge on any atom is 0.416 e. The number of para-hydroxylation sites is 1. The highest BCUT2D eigenvalue weighted by Crippen LogP contribution is 2.37. The molecule has 1 atom stereocenters. The Morgan fingerprint density at radius 3 is 2.03 bits per heavy atom. The number of carbonyl (C=O) groups excluding carboxylic acids is 1. The monoisotopic (exact) mass is 547 g/mol. The van der Waals surface area contributed by atoms with Crippen molar-refractivity contribution in [3.8, 4) is 0 Å². The molecule has 0 bridgehead atoms. The Balaban J connectivity index is 1.84. The van der Waals surface area contributed by atoms with Crippen LogP contribution in [0.4, 0.5) is 26.3 Å². The van der Waals surface area contributed by atoms with Crippen LogP contribution in [-0.2, 0) is 18.9 Å². The molecule has 0 radical (unpaired) electrons. The zero-order valence-corrected chi connectivity index (χ0v) is 20.8. The first-order valence-electron chi connectivity index (χ1n) is 11.9. The number of halogens is 6. The average Bonchev–Trinajstić information content (AvgIpc) is 2.89. The number of alkyl halides is 6. The fourth-order valence-electron chi connectivity index (χ4n) is 4.40. The van der Waals surface area contributed by atoms with Crippen LogP contribution >= 0.6 is 0 Å². The normalized spacial score (nSPS) is 12.9. The van der Waals surface area contributed by atoms with Crippen molar-refractivity contribution >= 4 is 16.8 Å². The molecule has 0 spiro atoms. The number of aromatic nitrogens is 2. The third-order valence-corrected chi connectivity index (χ3v) is 6.35. The standard InChI is InChI=1S/C28H23F6N3O2/c1-3-36(25(38)19-13-20(27(29,30)31)15-21(14-19)28(32,33)34)17(2)24-35-23-12-8-7-11-22(23)26(39)37(24)16-18-9-5-4-6-10-18/h4-15,17H,3,16H2,1-2H3. The fourth-order valence-corrected chi connectivity index (χ4v) is 4.40. The molecule has 0 saturated heterocycles. The molecule has 1 amide bonds. The van der Waals surface area contributed by atoms with E-state index in [9.17, 15) is 35.9 Å². The summed E-state index contributed by atoms with van der Waals surface area (Å²) in [5.74, 6) is -0.920. The van der Waals surface area contributed by atoms with Gasteiger partial charge in [-0.15, -0.1) is 0 Å². The molecule has 0 aliphatic carbocycles. The molecule has 5 nitrogen and oxygen atoms in total. The van der Waals surface area contributed by atoms with Crippen LogP contribution < -0.4 is 5.56 Å². The highest BCUT2D eigenvalue weighted by Gasteiger charge is 2.38. The van der Waals surface area contributed by atoms with Crippen LogP contribution in [0.3, 0.4) is 0 Å². The van der Waals surface area contributed by atoms with E-state index in [1.165, 1.54) is 18.4 Å². The molecule has 1 unspecified atom stereocenters. The predicted molar refractivity (Wildman–Crippen MR) is 133 cm³/mol. The summed E-state index contributed by atoms with van der Waals surface area (Å²) in [5, 5.41) is 0.325. The van der Waals surface area contributed by atoms with Crippen molar-refractivity contribution in [2.45, 2.75) is 38.8 Å². The molecule has 4 rings (SSSR count). The van der Waals surface area contributed by atoms with Crippen LogP contribution in [0.15, 0.2) is 77.6 Å². The van der Waals surface area contributed by atoms with Gasteiger partial charge in [-0.25, -0.2) is 4.98 Å². The minimum atomic E-state index is -5.10. The third kappa shape index (κ3) is 5.81. The van der Waals surface area contributed by atoms with Gasteiger partial charge >= 0.3 is 12.4 Å². The molecule has 0 aliphatic heterocycles. The predicted octanol–water partition coefficient (Wildman–Crippen LogP) is 6.71. The Kier molecular flexibility index (Phi) is 7.54. The molecule has 204 valence electrons. The summed E-state index contributed by atoms with van der Waals surface area (Å²) in [6, 6.07) is 15.3. The van der Waals surface area contributed by atoms with Crippen LogP contribution in [0.1, 0.15) is 52.8 Å². The Labute approximate surface area is 219 Å². The van der Waals surface area contributed by atoms with Crippen molar-refractivity contribution in [3.05, 3.63) is 111 Å². The Morgan fingerprint density at radius 2 is 1.46 bits per heavy atom. The first-order chi connectivity index (χ1) is 18.3. The minimum absolute atomic E-state index is 0.0289. The number of nitrogens with zero attached hydrogens (tertiary/aromatic N) is 3. The lowest BCUT2D eigenvalue weighted by Gasteiger charge is -2.30. The van der Waals surface area contributed by atoms with Crippen molar-refractivity contribution < 1.29 is 31.1 Å². The zero-order chi connectivity index (χ0) is 28.5. The first-order valence-corrected chi connectivity index (χ1v) is 11.9. The van der Waals surface area contributed by atoms with E-state index in [4.69, 9.17) is 0 Å². The molecule has 0 saturated carbocycles. The third-order valence-electron chi connectivity index (χ3n) is 6.35. The summed E-state index contributed by atoms with van der Waals surface area (Å²) in [5.41, 5.74) is -3.25. The molecule has 0 N–H and O–H groups in total. The summed E-state index contributed by atoms with van der Waals surface area (Å²) < 4.78 is 81.9. The Bertz CT molecular complexity index is 1530. The van der Waals surface area contributed by atoms with E-state index < -0.39 is 46.6 Å². The van der Waals surface area contributed by atoms with Gasteiger partial charge in [-0.05, 0) is 49.7 Å². The summed E-state index contributed by atoms with van der Waals surface area (Å²) >= 11 is 0. The molecule has 39 heavy (non-hydrogen) atoms. The van der Waals surface area contributed by atoms with Gasteiger partial charge in [0.1, 0.15) is 5.82 Å². The summed E-state index contributed by atoms with van der Waals surface area (Å²) in [6.45, 7) is 3.07. The van der Waals surface area contributed by atoms with Gasteiger partial charge in [-0.3, -0.25) is 14.2 Å². The van der Waals surface area contributed by atoms with E-state index in [-0.39, 0.29) is 25.0 Å². The molecule has 1 heterocycles. The van der Waals surface area contributed by atoms with Crippen molar-refractivity contribution in [3.63, 3.8) is 0 Å². The first kappa shape index (κ1) is 27.9. The molecule has 0 aliphatic rings. The molecular weight excluding hydrogens is 524 g/mol. The number of fused-ring (bicyclic) bond motifs is 1. The Morgan fingerprint density at radius 1 is 0.897 bits per heavy atom. The van der Waals surface area contributed by atoms with Crippen LogP contribution in [0.2, 0.25) is 0 Å². The second kappa shape index (κ2) is 10.5. The van der Waals surface area contributed by atoms with Gasteiger partial charge in [-0.1, -0.05) is 42.5 Å². The van der Waals surface area contributed by atoms with Crippen molar-refractivity contribution in [1.29, 1.82) is 0 Å². The number of rotatable bonds is 6. The van der Waals surface area contributed by atoms with Crippen LogP contribution in [0.25, 0.3) is 10.9 Å². The average molecular weight is 547 g/mol. The maximum atomic E-state index is 13.5. The SMILES string of the molecule is CCN(C(=O)c1cc(C(F)(F)F)cc(C(F)(F)F)c1)C(C)c1nc2ccccc2c(=O)n1Cc1ccccc1. The molecule has 1 aromatic heterocycles. The summed E-state index contributed by atoms with van der Waals surface area (Å²) in [6.07, 6.45) is -10.2. The van der Waals surface area contributed by atoms with E-state index in [1.807, 2.05) is 0 Å². The van der Waals surface area contributed by atoms with Gasteiger partial charge in [0.05, 0.1) is 34.6 Å². The molecule has 3 aromatic carbocycles. The second-order valence-corrected chi connectivity index (χ2v) is 8.93. The van der Waals surface area contributed by atoms with Gasteiger partial charge in [0, 0.05) is 12.1 Å². The van der Waals surface area contributed by atoms with Crippen molar-refractivity contribution in [2.75, 3.05) is 6.54 Å². The largest absolute Gasteiger partial charge is 0.416 e. The maximum absolute atomic E-state index is 13.5. The highest BCUT2D eigenvalue weighted by atomic mass is 19.4. The Hall–Kier alpha value is -4.15. The molecule has 11 heteroatoms. The molecular formula is C28H23F6N3O2. The van der Waals surface area contributed by atoms with E-state index >= 15 is 0 Å². The number of benzene rings is 3. The van der Waals surface area contributed by atoms with Crippen molar-refractivity contribution in [1.82, 2.24) is 14.5 Å². The van der Waals surface area contributed by atoms with Gasteiger partial charge < -0.3 is 4.90 Å². The highest BCUT2D eigenvalue weighted by molar-refractivity contribution is 5.95. The minimum Gasteiger partial charge on any atom is -0.329 e. The zero-order valence-electron chi connectivity index (χ0n) is 20.8. The van der Waals surface area contributed by atoms with Gasteiger partial charge in [0.15, 0.2) is 0 Å². The van der Waals surface area contributed by atoms with E-state index in [0.717, 1.165) is 10.5 Å². The molecule has 4 aromatic rings. The van der Waals surface area contributed by atoms with Crippen molar-refractivity contribution in [2.24, 2.45) is 0 Å². The number of hydrogen-bond donors (Lipinski definition) is 0. The van der Waals surface area contributed by atoms with Gasteiger partial charge in [-0.2, -0.15) is 26.3 Å². The van der Waals surface area contributed by atoms with E-state index in [1.54, 1.807) is 54.6 Å². The lowest BCUT2D eigenvalue weighted by Crippen LogP contribution is -2.38. The number of hydrogen-bond acceptors (Lipinski definition) is 3. The van der Waals surface area contributed by atoms with Crippen LogP contribution in [0, 0.1) is 0 Å². The summed E-state index contributed by atoms with van der Waals surface area (Å²) in [4.78, 5) is 32.6. The number of carbonyl (C=O) groups is 1. The lowest BCUT2D eigenvalue weighted by molar-refractivity contribution is -0.143. The van der Waals surface area contributed by atoms with Crippen LogP contribution in [-0.4, -0.2) is 26.9 Å². The van der Waals surface area contributed by atoms with Crippen LogP contribution in [0.5, 0.6) is 0 Å². The summed E-state index contributed by atoms with van der Waals surface area (Å²) in [7, 11) is 0. The number of amides is 1. The van der Waals surface area contributed by atoms with E-state index in [2.05, 4.69) is 4.98 Å².